The van der Waals surface area contributed by atoms with Crippen molar-refractivity contribution in [2.24, 2.45) is 0 Å². The Hall–Kier alpha value is -0.500. The zero-order valence-electron chi connectivity index (χ0n) is 7.16. The molecule has 60 valence electrons. The maximum atomic E-state index is 4.42. The third-order valence-corrected chi connectivity index (χ3v) is 2.63. The molecule has 0 spiro atoms. The van der Waals surface area contributed by atoms with Gasteiger partial charge in [-0.3, -0.25) is 4.98 Å². The lowest BCUT2D eigenvalue weighted by Crippen LogP contribution is -1.92. The Morgan fingerprint density at radius 3 is 2.73 bits per heavy atom. The van der Waals surface area contributed by atoms with Gasteiger partial charge in [-0.1, -0.05) is 6.07 Å². The maximum Gasteiger partial charge on any atom is 0.0533 e. The molecule has 0 unspecified atom stereocenters. The molecular weight excluding hydrogens is 154 g/mol. The lowest BCUT2D eigenvalue weighted by molar-refractivity contribution is 0.985. The van der Waals surface area contributed by atoms with Crippen LogP contribution in [0.2, 0.25) is 0 Å². The van der Waals surface area contributed by atoms with Gasteiger partial charge >= 0.3 is 0 Å². The highest BCUT2D eigenvalue weighted by atomic mass is 32.2. The fourth-order valence-corrected chi connectivity index (χ4v) is 1.28. The molecular formula is C9H13NS. The van der Waals surface area contributed by atoms with Crippen molar-refractivity contribution in [2.45, 2.75) is 19.1 Å². The molecule has 0 saturated heterocycles. The molecule has 1 atom stereocenters. The lowest BCUT2D eigenvalue weighted by Gasteiger charge is -2.06. The second kappa shape index (κ2) is 3.77. The van der Waals surface area contributed by atoms with Crippen LogP contribution < -0.4 is 0 Å². The Morgan fingerprint density at radius 1 is 1.45 bits per heavy atom. The summed E-state index contributed by atoms with van der Waals surface area (Å²) in [5, 5.41) is 0.509. The molecule has 0 bridgehead atoms. The van der Waals surface area contributed by atoms with Gasteiger partial charge in [0, 0.05) is 10.9 Å². The molecule has 0 aliphatic rings. The monoisotopic (exact) mass is 167 g/mol. The summed E-state index contributed by atoms with van der Waals surface area (Å²) in [5.41, 5.74) is 2.28. The Bertz CT molecular complexity index is 235. The first-order chi connectivity index (χ1) is 5.24. The van der Waals surface area contributed by atoms with E-state index >= 15 is 0 Å². The Kier molecular flexibility index (Phi) is 2.94. The molecule has 11 heavy (non-hydrogen) atoms. The van der Waals surface area contributed by atoms with Crippen molar-refractivity contribution in [1.29, 1.82) is 0 Å². The molecule has 0 aliphatic carbocycles. The van der Waals surface area contributed by atoms with Gasteiger partial charge in [0.15, 0.2) is 0 Å². The van der Waals surface area contributed by atoms with Crippen molar-refractivity contribution in [3.8, 4) is 0 Å². The quantitative estimate of drug-likeness (QED) is 0.671. The molecule has 0 N–H and O–H groups in total. The Morgan fingerprint density at radius 2 is 2.18 bits per heavy atom. The summed E-state index contributed by atoms with van der Waals surface area (Å²) in [5.74, 6) is 0. The maximum absolute atomic E-state index is 4.42. The summed E-state index contributed by atoms with van der Waals surface area (Å²) in [6.45, 7) is 4.20. The molecule has 0 fully saturated rings. The van der Waals surface area contributed by atoms with Crippen molar-refractivity contribution in [2.75, 3.05) is 6.26 Å². The molecule has 0 aliphatic heterocycles. The van der Waals surface area contributed by atoms with E-state index in [-0.39, 0.29) is 0 Å². The summed E-state index contributed by atoms with van der Waals surface area (Å²) in [4.78, 5) is 4.42. The van der Waals surface area contributed by atoms with Gasteiger partial charge in [0.05, 0.1) is 5.69 Å². The minimum absolute atomic E-state index is 0.509. The minimum Gasteiger partial charge on any atom is -0.257 e. The van der Waals surface area contributed by atoms with Crippen LogP contribution in [0.3, 0.4) is 0 Å². The molecule has 0 amide bonds. The first-order valence-electron chi connectivity index (χ1n) is 3.70. The van der Waals surface area contributed by atoms with Gasteiger partial charge in [0.1, 0.15) is 0 Å². The van der Waals surface area contributed by atoms with Crippen LogP contribution >= 0.6 is 11.8 Å². The summed E-state index contributed by atoms with van der Waals surface area (Å²) in [6.07, 6.45) is 2.11. The van der Waals surface area contributed by atoms with Crippen LogP contribution in [-0.2, 0) is 0 Å². The van der Waals surface area contributed by atoms with Gasteiger partial charge in [0.25, 0.3) is 0 Å². The standard InChI is InChI=1S/C9H13NS/c1-7-5-4-6-9(10-7)8(2)11-3/h4-6,8H,1-3H3/t8-/m0/s1. The van der Waals surface area contributed by atoms with E-state index in [1.54, 1.807) is 0 Å². The number of aromatic nitrogens is 1. The van der Waals surface area contributed by atoms with E-state index in [9.17, 15) is 0 Å². The minimum atomic E-state index is 0.509. The van der Waals surface area contributed by atoms with Crippen LogP contribution in [0.25, 0.3) is 0 Å². The van der Waals surface area contributed by atoms with Crippen molar-refractivity contribution in [3.05, 3.63) is 29.6 Å². The molecule has 0 saturated carbocycles. The summed E-state index contributed by atoms with van der Waals surface area (Å²) >= 11 is 1.82. The number of pyridine rings is 1. The van der Waals surface area contributed by atoms with Crippen LogP contribution in [0.1, 0.15) is 23.6 Å². The highest BCUT2D eigenvalue weighted by molar-refractivity contribution is 7.98. The summed E-state index contributed by atoms with van der Waals surface area (Å²) in [7, 11) is 0. The zero-order chi connectivity index (χ0) is 8.27. The number of nitrogens with zero attached hydrogens (tertiary/aromatic N) is 1. The van der Waals surface area contributed by atoms with Gasteiger partial charge in [-0.25, -0.2) is 0 Å². The van der Waals surface area contributed by atoms with Crippen LogP contribution in [-0.4, -0.2) is 11.2 Å². The van der Waals surface area contributed by atoms with Crippen LogP contribution in [0.5, 0.6) is 0 Å². The van der Waals surface area contributed by atoms with E-state index < -0.39 is 0 Å². The van der Waals surface area contributed by atoms with E-state index in [1.165, 1.54) is 5.69 Å². The first kappa shape index (κ1) is 8.60. The SMILES string of the molecule is CS[C@@H](C)c1cccc(C)n1. The number of hydrogen-bond donors (Lipinski definition) is 0. The molecule has 0 aromatic carbocycles. The van der Waals surface area contributed by atoms with E-state index in [0.717, 1.165) is 5.69 Å². The fourth-order valence-electron chi connectivity index (χ4n) is 0.911. The predicted octanol–water partition coefficient (Wildman–Crippen LogP) is 2.81. The van der Waals surface area contributed by atoms with E-state index in [2.05, 4.69) is 30.3 Å². The number of aryl methyl sites for hydroxylation is 1. The smallest absolute Gasteiger partial charge is 0.0533 e. The van der Waals surface area contributed by atoms with Crippen LogP contribution in [0.15, 0.2) is 18.2 Å². The number of hydrogen-bond acceptors (Lipinski definition) is 2. The highest BCUT2D eigenvalue weighted by Crippen LogP contribution is 2.23. The van der Waals surface area contributed by atoms with E-state index in [0.29, 0.717) is 5.25 Å². The lowest BCUT2D eigenvalue weighted by atomic mass is 10.2. The zero-order valence-corrected chi connectivity index (χ0v) is 7.98. The molecule has 1 nitrogen and oxygen atoms in total. The second-order valence-electron chi connectivity index (χ2n) is 2.58. The molecule has 1 aromatic rings. The van der Waals surface area contributed by atoms with Gasteiger partial charge in [0.2, 0.25) is 0 Å². The second-order valence-corrected chi connectivity index (χ2v) is 3.76. The van der Waals surface area contributed by atoms with Crippen molar-refractivity contribution in [1.82, 2.24) is 4.98 Å². The van der Waals surface area contributed by atoms with Crippen molar-refractivity contribution in [3.63, 3.8) is 0 Å². The van der Waals surface area contributed by atoms with Gasteiger partial charge in [-0.05, 0) is 32.2 Å². The van der Waals surface area contributed by atoms with Gasteiger partial charge in [-0.2, -0.15) is 11.8 Å². The Labute approximate surface area is 72.2 Å². The van der Waals surface area contributed by atoms with E-state index in [1.807, 2.05) is 24.8 Å². The van der Waals surface area contributed by atoms with Crippen LogP contribution in [0.4, 0.5) is 0 Å². The third kappa shape index (κ3) is 2.22. The van der Waals surface area contributed by atoms with E-state index in [4.69, 9.17) is 0 Å². The van der Waals surface area contributed by atoms with Gasteiger partial charge in [-0.15, -0.1) is 0 Å². The molecule has 0 radical (unpaired) electrons. The average Bonchev–Trinajstić information content (AvgIpc) is 2.03. The molecule has 1 heterocycles. The summed E-state index contributed by atoms with van der Waals surface area (Å²) < 4.78 is 0. The number of thioether (sulfide) groups is 1. The number of rotatable bonds is 2. The largest absolute Gasteiger partial charge is 0.257 e. The average molecular weight is 167 g/mol. The Balaban J connectivity index is 2.86. The first-order valence-corrected chi connectivity index (χ1v) is 4.99. The van der Waals surface area contributed by atoms with Crippen molar-refractivity contribution < 1.29 is 0 Å². The van der Waals surface area contributed by atoms with Crippen LogP contribution in [0, 0.1) is 6.92 Å². The van der Waals surface area contributed by atoms with Gasteiger partial charge < -0.3 is 0 Å². The topological polar surface area (TPSA) is 12.9 Å². The fraction of sp³-hybridized carbons (Fsp3) is 0.444. The summed E-state index contributed by atoms with van der Waals surface area (Å²) in [6, 6.07) is 6.16. The van der Waals surface area contributed by atoms with Crippen molar-refractivity contribution >= 4 is 11.8 Å². The molecule has 2 heteroatoms. The molecule has 1 aromatic heterocycles. The third-order valence-electron chi connectivity index (χ3n) is 1.68. The highest BCUT2D eigenvalue weighted by Gasteiger charge is 2.03. The molecule has 1 rings (SSSR count). The normalized spacial score (nSPS) is 13.0. The predicted molar refractivity (Wildman–Crippen MR) is 50.9 cm³/mol.